The zero-order chi connectivity index (χ0) is 11.4. The highest BCUT2D eigenvalue weighted by Gasteiger charge is 2.21. The van der Waals surface area contributed by atoms with Crippen molar-refractivity contribution in [3.05, 3.63) is 17.0 Å². The Kier molecular flexibility index (Phi) is 3.99. The number of aromatic nitrogens is 2. The zero-order valence-electron chi connectivity index (χ0n) is 10.5. The normalized spacial score (nSPS) is 15.4. The highest BCUT2D eigenvalue weighted by Crippen LogP contribution is 2.30. The third-order valence-corrected chi connectivity index (χ3v) is 3.50. The molecule has 90 valence electrons. The summed E-state index contributed by atoms with van der Waals surface area (Å²) in [5.74, 6) is 0.674. The molecular formula is C13H23N3. The van der Waals surface area contributed by atoms with Gasteiger partial charge < -0.3 is 5.32 Å². The van der Waals surface area contributed by atoms with E-state index in [2.05, 4.69) is 29.4 Å². The maximum atomic E-state index is 4.57. The van der Waals surface area contributed by atoms with Gasteiger partial charge in [0.25, 0.3) is 0 Å². The molecule has 0 aliphatic carbocycles. The van der Waals surface area contributed by atoms with Crippen LogP contribution >= 0.6 is 0 Å². The number of fused-ring (bicyclic) bond motifs is 1. The molecular weight excluding hydrogens is 198 g/mol. The van der Waals surface area contributed by atoms with Crippen LogP contribution in [0.25, 0.3) is 0 Å². The highest BCUT2D eigenvalue weighted by molar-refractivity contribution is 5.30. The fourth-order valence-electron chi connectivity index (χ4n) is 2.72. The summed E-state index contributed by atoms with van der Waals surface area (Å²) >= 11 is 0. The predicted molar refractivity (Wildman–Crippen MR) is 66.6 cm³/mol. The SMILES string of the molecule is CCCC(CCC)c1n[nH]c2c1CCNC2. The van der Waals surface area contributed by atoms with Crippen molar-refractivity contribution in [2.45, 2.75) is 58.4 Å². The van der Waals surface area contributed by atoms with Gasteiger partial charge >= 0.3 is 0 Å². The zero-order valence-corrected chi connectivity index (χ0v) is 10.5. The average molecular weight is 221 g/mol. The largest absolute Gasteiger partial charge is 0.311 e. The Morgan fingerprint density at radius 1 is 1.25 bits per heavy atom. The van der Waals surface area contributed by atoms with Gasteiger partial charge in [0.1, 0.15) is 0 Å². The molecule has 0 saturated heterocycles. The van der Waals surface area contributed by atoms with E-state index in [1.807, 2.05) is 0 Å². The van der Waals surface area contributed by atoms with Crippen LogP contribution in [0.3, 0.4) is 0 Å². The third kappa shape index (κ3) is 2.29. The topological polar surface area (TPSA) is 40.7 Å². The maximum absolute atomic E-state index is 4.57. The minimum Gasteiger partial charge on any atom is -0.311 e. The van der Waals surface area contributed by atoms with Crippen LogP contribution in [0.1, 0.15) is 62.4 Å². The molecule has 0 atom stereocenters. The van der Waals surface area contributed by atoms with Gasteiger partial charge in [0, 0.05) is 12.5 Å². The van der Waals surface area contributed by atoms with Gasteiger partial charge in [-0.25, -0.2) is 0 Å². The lowest BCUT2D eigenvalue weighted by Gasteiger charge is -2.18. The Morgan fingerprint density at radius 2 is 2.00 bits per heavy atom. The van der Waals surface area contributed by atoms with Gasteiger partial charge in [0.2, 0.25) is 0 Å². The third-order valence-electron chi connectivity index (χ3n) is 3.50. The fourth-order valence-corrected chi connectivity index (χ4v) is 2.72. The van der Waals surface area contributed by atoms with Crippen molar-refractivity contribution >= 4 is 0 Å². The second-order valence-electron chi connectivity index (χ2n) is 4.77. The Balaban J connectivity index is 2.19. The molecule has 0 aromatic carbocycles. The molecule has 0 radical (unpaired) electrons. The van der Waals surface area contributed by atoms with Crippen molar-refractivity contribution in [2.75, 3.05) is 6.54 Å². The van der Waals surface area contributed by atoms with Crippen LogP contribution in [0.2, 0.25) is 0 Å². The summed E-state index contributed by atoms with van der Waals surface area (Å²) in [6, 6.07) is 0. The quantitative estimate of drug-likeness (QED) is 0.802. The van der Waals surface area contributed by atoms with Gasteiger partial charge in [-0.05, 0) is 31.4 Å². The van der Waals surface area contributed by atoms with E-state index >= 15 is 0 Å². The van der Waals surface area contributed by atoms with E-state index in [0.717, 1.165) is 19.5 Å². The first kappa shape index (κ1) is 11.6. The minimum absolute atomic E-state index is 0.674. The molecule has 0 spiro atoms. The summed E-state index contributed by atoms with van der Waals surface area (Å²) in [5, 5.41) is 11.2. The predicted octanol–water partition coefficient (Wildman–Crippen LogP) is 2.74. The molecule has 0 saturated carbocycles. The molecule has 1 aromatic rings. The summed E-state index contributed by atoms with van der Waals surface area (Å²) < 4.78 is 0. The summed E-state index contributed by atoms with van der Waals surface area (Å²) in [4.78, 5) is 0. The van der Waals surface area contributed by atoms with Crippen LogP contribution in [0, 0.1) is 0 Å². The Bertz CT molecular complexity index is 324. The lowest BCUT2D eigenvalue weighted by atomic mass is 9.90. The first-order chi connectivity index (χ1) is 7.86. The smallest absolute Gasteiger partial charge is 0.0688 e. The van der Waals surface area contributed by atoms with Gasteiger partial charge in [0.05, 0.1) is 11.4 Å². The van der Waals surface area contributed by atoms with E-state index in [4.69, 9.17) is 0 Å². The first-order valence-electron chi connectivity index (χ1n) is 6.63. The maximum Gasteiger partial charge on any atom is 0.0688 e. The van der Waals surface area contributed by atoms with E-state index in [1.165, 1.54) is 42.6 Å². The van der Waals surface area contributed by atoms with Crippen molar-refractivity contribution in [2.24, 2.45) is 0 Å². The standard InChI is InChI=1S/C13H23N3/c1-3-5-10(6-4-2)13-11-7-8-14-9-12(11)15-16-13/h10,14H,3-9H2,1-2H3,(H,15,16). The molecule has 0 bridgehead atoms. The summed E-state index contributed by atoms with van der Waals surface area (Å²) in [6.45, 7) is 6.60. The second-order valence-corrected chi connectivity index (χ2v) is 4.77. The Morgan fingerprint density at radius 3 is 2.69 bits per heavy atom. The first-order valence-corrected chi connectivity index (χ1v) is 6.63. The summed E-state index contributed by atoms with van der Waals surface area (Å²) in [7, 11) is 0. The lowest BCUT2D eigenvalue weighted by Crippen LogP contribution is -2.24. The fraction of sp³-hybridized carbons (Fsp3) is 0.769. The number of H-pyrrole nitrogens is 1. The van der Waals surface area contributed by atoms with Crippen LogP contribution in [0.15, 0.2) is 0 Å². The van der Waals surface area contributed by atoms with E-state index in [-0.39, 0.29) is 0 Å². The lowest BCUT2D eigenvalue weighted by molar-refractivity contribution is 0.540. The van der Waals surface area contributed by atoms with E-state index in [1.54, 1.807) is 0 Å². The van der Waals surface area contributed by atoms with Crippen LogP contribution < -0.4 is 5.32 Å². The molecule has 1 aliphatic rings. The second kappa shape index (κ2) is 5.48. The molecule has 3 nitrogen and oxygen atoms in total. The monoisotopic (exact) mass is 221 g/mol. The van der Waals surface area contributed by atoms with Gasteiger partial charge in [-0.15, -0.1) is 0 Å². The van der Waals surface area contributed by atoms with Crippen LogP contribution in [0.5, 0.6) is 0 Å². The summed E-state index contributed by atoms with van der Waals surface area (Å²) in [5.41, 5.74) is 4.18. The van der Waals surface area contributed by atoms with E-state index in [0.29, 0.717) is 5.92 Å². The summed E-state index contributed by atoms with van der Waals surface area (Å²) in [6.07, 6.45) is 6.21. The molecule has 0 amide bonds. The number of hydrogen-bond acceptors (Lipinski definition) is 2. The Hall–Kier alpha value is -0.830. The molecule has 0 unspecified atom stereocenters. The minimum atomic E-state index is 0.674. The number of rotatable bonds is 5. The number of hydrogen-bond donors (Lipinski definition) is 2. The van der Waals surface area contributed by atoms with Crippen molar-refractivity contribution in [3.63, 3.8) is 0 Å². The molecule has 2 rings (SSSR count). The van der Waals surface area contributed by atoms with Crippen molar-refractivity contribution < 1.29 is 0 Å². The van der Waals surface area contributed by atoms with Gasteiger partial charge in [-0.2, -0.15) is 5.10 Å². The number of nitrogens with zero attached hydrogens (tertiary/aromatic N) is 1. The number of aromatic amines is 1. The van der Waals surface area contributed by atoms with Gasteiger partial charge in [-0.3, -0.25) is 5.10 Å². The molecule has 2 N–H and O–H groups in total. The van der Waals surface area contributed by atoms with Gasteiger partial charge in [-0.1, -0.05) is 26.7 Å². The molecule has 1 aromatic heterocycles. The van der Waals surface area contributed by atoms with Crippen molar-refractivity contribution in [1.29, 1.82) is 0 Å². The van der Waals surface area contributed by atoms with Crippen molar-refractivity contribution in [3.8, 4) is 0 Å². The van der Waals surface area contributed by atoms with Crippen LogP contribution in [0.4, 0.5) is 0 Å². The van der Waals surface area contributed by atoms with Crippen LogP contribution in [-0.4, -0.2) is 16.7 Å². The molecule has 0 fully saturated rings. The van der Waals surface area contributed by atoms with E-state index in [9.17, 15) is 0 Å². The molecule has 1 aliphatic heterocycles. The van der Waals surface area contributed by atoms with Crippen molar-refractivity contribution in [1.82, 2.24) is 15.5 Å². The average Bonchev–Trinajstić information content (AvgIpc) is 2.72. The van der Waals surface area contributed by atoms with Gasteiger partial charge in [0.15, 0.2) is 0 Å². The molecule has 3 heteroatoms. The van der Waals surface area contributed by atoms with Crippen LogP contribution in [-0.2, 0) is 13.0 Å². The number of nitrogens with one attached hydrogen (secondary N) is 2. The molecule has 16 heavy (non-hydrogen) atoms. The highest BCUT2D eigenvalue weighted by atomic mass is 15.1. The molecule has 2 heterocycles. The van der Waals surface area contributed by atoms with E-state index < -0.39 is 0 Å². The Labute approximate surface area is 98.0 Å².